The Labute approximate surface area is 244 Å². The number of amidine groups is 4. The highest BCUT2D eigenvalue weighted by Crippen LogP contribution is 2.52. The number of nitrogens with zero attached hydrogens (tertiary/aromatic N) is 8. The van der Waals surface area contributed by atoms with Crippen LogP contribution in [0.2, 0.25) is 0 Å². The van der Waals surface area contributed by atoms with E-state index in [1.54, 1.807) is 0 Å². The largest absolute Gasteiger partial charge is 0.404 e. The summed E-state index contributed by atoms with van der Waals surface area (Å²) < 4.78 is 9.32. The Morgan fingerprint density at radius 3 is 1.33 bits per heavy atom. The fourth-order valence-corrected chi connectivity index (χ4v) is 7.88. The molecule has 0 fully saturated rings. The maximum absolute atomic E-state index is 5.42. The molecular formula is C35H22N8+2. The fraction of sp³-hybridized carbons (Fsp3) is 0.0857. The number of fused-ring (bicyclic) bond motifs is 12. The summed E-state index contributed by atoms with van der Waals surface area (Å²) in [5.41, 5.74) is 6.13. The van der Waals surface area contributed by atoms with Crippen molar-refractivity contribution in [2.24, 2.45) is 20.0 Å². The molecule has 8 heterocycles. The van der Waals surface area contributed by atoms with Gasteiger partial charge in [0.15, 0.2) is 0 Å². The van der Waals surface area contributed by atoms with E-state index in [4.69, 9.17) is 20.0 Å². The molecule has 8 heteroatoms. The molecule has 6 aliphatic rings. The SMILES string of the molecule is CC.c1ccc2c(c1)C1=Nc3c4ccccc4c4n3C35n6c(c7ccccc7c6=NC6=[N+]3C(=N4)c3ccccc36)=NC2=[N+]15. The molecule has 6 aromatic rings. The average Bonchev–Trinajstić information content (AvgIpc) is 3.78. The molecule has 0 saturated heterocycles. The lowest BCUT2D eigenvalue weighted by Gasteiger charge is -2.40. The number of rotatable bonds is 0. The van der Waals surface area contributed by atoms with Crippen molar-refractivity contribution in [1.29, 1.82) is 0 Å². The first-order valence-corrected chi connectivity index (χ1v) is 14.8. The maximum Gasteiger partial charge on any atom is 0.404 e. The molecule has 0 atom stereocenters. The predicted octanol–water partition coefficient (Wildman–Crippen LogP) is 4.73. The predicted molar refractivity (Wildman–Crippen MR) is 165 cm³/mol. The van der Waals surface area contributed by atoms with Gasteiger partial charge >= 0.3 is 5.91 Å². The smallest absolute Gasteiger partial charge is 0.192 e. The van der Waals surface area contributed by atoms with Gasteiger partial charge in [0.2, 0.25) is 22.6 Å². The highest BCUT2D eigenvalue weighted by Gasteiger charge is 2.69. The van der Waals surface area contributed by atoms with Gasteiger partial charge in [0.1, 0.15) is 0 Å². The molecule has 0 unspecified atom stereocenters. The average molecular weight is 555 g/mol. The van der Waals surface area contributed by atoms with Crippen LogP contribution in [0.5, 0.6) is 0 Å². The third-order valence-corrected chi connectivity index (χ3v) is 9.38. The van der Waals surface area contributed by atoms with Gasteiger partial charge in [-0.3, -0.25) is 0 Å². The Balaban J connectivity index is 0.00000115. The number of benzene rings is 4. The first-order valence-electron chi connectivity index (χ1n) is 14.8. The van der Waals surface area contributed by atoms with Crippen LogP contribution < -0.4 is 11.0 Å². The Bertz CT molecular complexity index is 2470. The monoisotopic (exact) mass is 554 g/mol. The van der Waals surface area contributed by atoms with E-state index in [0.717, 1.165) is 89.8 Å². The molecule has 6 aliphatic heterocycles. The summed E-state index contributed by atoms with van der Waals surface area (Å²) in [7, 11) is 0. The minimum atomic E-state index is -0.923. The van der Waals surface area contributed by atoms with E-state index in [1.807, 2.05) is 13.8 Å². The van der Waals surface area contributed by atoms with E-state index >= 15 is 0 Å². The molecule has 43 heavy (non-hydrogen) atoms. The van der Waals surface area contributed by atoms with Gasteiger partial charge < -0.3 is 0 Å². The zero-order valence-electron chi connectivity index (χ0n) is 23.3. The zero-order valence-corrected chi connectivity index (χ0v) is 23.3. The lowest BCUT2D eigenvalue weighted by molar-refractivity contribution is -0.790. The van der Waals surface area contributed by atoms with E-state index in [1.165, 1.54) is 0 Å². The van der Waals surface area contributed by atoms with Gasteiger partial charge in [-0.25, -0.2) is 0 Å². The Morgan fingerprint density at radius 2 is 0.860 bits per heavy atom. The number of hydrogen-bond donors (Lipinski definition) is 0. The van der Waals surface area contributed by atoms with Crippen LogP contribution >= 0.6 is 0 Å². The number of hydrogen-bond acceptors (Lipinski definition) is 4. The summed E-state index contributed by atoms with van der Waals surface area (Å²) in [5, 5.41) is 4.33. The van der Waals surface area contributed by atoms with Crippen molar-refractivity contribution in [3.63, 3.8) is 0 Å². The topological polar surface area (TPSA) is 65.3 Å². The minimum absolute atomic E-state index is 0.898. The van der Waals surface area contributed by atoms with Crippen LogP contribution in [0, 0.1) is 0 Å². The lowest BCUT2D eigenvalue weighted by Crippen LogP contribution is -2.71. The molecule has 8 nitrogen and oxygen atoms in total. The van der Waals surface area contributed by atoms with Crippen molar-refractivity contribution in [2.75, 3.05) is 0 Å². The van der Waals surface area contributed by atoms with Crippen molar-refractivity contribution in [3.8, 4) is 0 Å². The first kappa shape index (κ1) is 21.9. The highest BCUT2D eigenvalue weighted by molar-refractivity contribution is 6.20. The summed E-state index contributed by atoms with van der Waals surface area (Å²) in [5.74, 6) is 4.46. The second kappa shape index (κ2) is 6.99. The second-order valence-corrected chi connectivity index (χ2v) is 11.2. The van der Waals surface area contributed by atoms with Crippen molar-refractivity contribution in [1.82, 2.24) is 9.13 Å². The van der Waals surface area contributed by atoms with Gasteiger partial charge in [-0.05, 0) is 48.5 Å². The molecular weight excluding hydrogens is 532 g/mol. The van der Waals surface area contributed by atoms with Crippen LogP contribution in [0.15, 0.2) is 117 Å². The van der Waals surface area contributed by atoms with E-state index in [2.05, 4.69) is 115 Å². The van der Waals surface area contributed by atoms with Gasteiger partial charge in [-0.1, -0.05) is 82.3 Å². The molecule has 4 aromatic carbocycles. The van der Waals surface area contributed by atoms with Crippen LogP contribution in [0.4, 0.5) is 11.6 Å². The third-order valence-electron chi connectivity index (χ3n) is 9.38. The van der Waals surface area contributed by atoms with Crippen molar-refractivity contribution < 1.29 is 9.15 Å². The van der Waals surface area contributed by atoms with Crippen LogP contribution in [0.3, 0.4) is 0 Å². The summed E-state index contributed by atoms with van der Waals surface area (Å²) in [6, 6.07) is 34.0. The zero-order chi connectivity index (χ0) is 28.2. The molecule has 12 rings (SSSR count). The number of aliphatic imine (C=N–C) groups is 2. The Hall–Kier alpha value is -5.76. The van der Waals surface area contributed by atoms with Gasteiger partial charge in [-0.15, -0.1) is 9.15 Å². The van der Waals surface area contributed by atoms with Crippen molar-refractivity contribution in [2.45, 2.75) is 19.8 Å². The van der Waals surface area contributed by atoms with Gasteiger partial charge in [0.05, 0.1) is 22.3 Å². The molecule has 0 saturated carbocycles. The summed E-state index contributed by atoms with van der Waals surface area (Å²) in [6.45, 7) is 4.00. The first-order chi connectivity index (χ1) is 21.4. The Morgan fingerprint density at radius 1 is 0.465 bits per heavy atom. The van der Waals surface area contributed by atoms with E-state index < -0.39 is 5.91 Å². The van der Waals surface area contributed by atoms with Crippen LogP contribution in [0.1, 0.15) is 36.1 Å². The maximum atomic E-state index is 5.42. The van der Waals surface area contributed by atoms with E-state index in [-0.39, 0.29) is 0 Å². The second-order valence-electron chi connectivity index (χ2n) is 11.2. The van der Waals surface area contributed by atoms with E-state index in [9.17, 15) is 0 Å². The fourth-order valence-electron chi connectivity index (χ4n) is 7.88. The third kappa shape index (κ3) is 2.10. The minimum Gasteiger partial charge on any atom is -0.192 e. The van der Waals surface area contributed by atoms with E-state index in [0.29, 0.717) is 0 Å². The van der Waals surface area contributed by atoms with Crippen molar-refractivity contribution >= 4 is 56.5 Å². The normalized spacial score (nSPS) is 17.7. The highest BCUT2D eigenvalue weighted by atomic mass is 15.7. The lowest BCUT2D eigenvalue weighted by atomic mass is 10.1. The molecule has 0 aliphatic carbocycles. The van der Waals surface area contributed by atoms with Gasteiger partial charge in [0.25, 0.3) is 23.3 Å². The van der Waals surface area contributed by atoms with Gasteiger partial charge in [-0.2, -0.15) is 9.13 Å². The van der Waals surface area contributed by atoms with Crippen LogP contribution in [0.25, 0.3) is 21.5 Å². The Kier molecular flexibility index (Phi) is 3.56. The standard InChI is InChI=1S/C33H16N8.C2H6/c1-2-10-18-17(9-1)25-34-27-19-11-3-4-12-20(19)29-36-31-23-15-7-8-16-24(23)32-37-30-22-14-6-5-13-21(22)28-35-26(18)38(25)33(39(27)29,40(28)30)41(31)32;1-2/h1-16H;1-2H3/q+2;. The molecule has 0 radical (unpaired) electrons. The summed E-state index contributed by atoms with van der Waals surface area (Å²) in [6.07, 6.45) is 0. The molecule has 200 valence electrons. The molecule has 0 bridgehead atoms. The van der Waals surface area contributed by atoms with Gasteiger partial charge in [0, 0.05) is 21.5 Å². The molecule has 2 aromatic heterocycles. The van der Waals surface area contributed by atoms with Crippen LogP contribution in [-0.4, -0.2) is 41.6 Å². The molecule has 0 N–H and O–H groups in total. The summed E-state index contributed by atoms with van der Waals surface area (Å²) in [4.78, 5) is 21.7. The van der Waals surface area contributed by atoms with Crippen molar-refractivity contribution in [3.05, 3.63) is 130 Å². The van der Waals surface area contributed by atoms with Crippen LogP contribution in [-0.2, 0) is 5.91 Å². The quantitative estimate of drug-likeness (QED) is 0.244. The molecule has 0 amide bonds. The molecule has 1 spiro atoms. The summed E-state index contributed by atoms with van der Waals surface area (Å²) >= 11 is 0. The number of aromatic nitrogens is 2.